The van der Waals surface area contributed by atoms with Crippen molar-refractivity contribution in [1.29, 1.82) is 0 Å². The van der Waals surface area contributed by atoms with E-state index in [2.05, 4.69) is 4.74 Å². The van der Waals surface area contributed by atoms with Crippen LogP contribution >= 0.6 is 0 Å². The zero-order chi connectivity index (χ0) is 9.84. The minimum atomic E-state index is -0.573. The molecule has 1 rings (SSSR count). The van der Waals surface area contributed by atoms with Crippen molar-refractivity contribution in [2.45, 2.75) is 13.8 Å². The van der Waals surface area contributed by atoms with Crippen LogP contribution in [-0.4, -0.2) is 11.9 Å². The zero-order valence-electron chi connectivity index (χ0n) is 7.53. The van der Waals surface area contributed by atoms with Gasteiger partial charge in [-0.3, -0.25) is 0 Å². The van der Waals surface area contributed by atoms with Crippen LogP contribution in [0.3, 0.4) is 0 Å². The van der Waals surface area contributed by atoms with Gasteiger partial charge < -0.3 is 4.74 Å². The lowest BCUT2D eigenvalue weighted by Gasteiger charge is -1.87. The lowest BCUT2D eigenvalue weighted by molar-refractivity contribution is -0.150. The third-order valence-electron chi connectivity index (χ3n) is 1.58. The molecule has 0 aromatic carbocycles. The fourth-order valence-corrected chi connectivity index (χ4v) is 1.06. The Morgan fingerprint density at radius 3 is 1.62 bits per heavy atom. The van der Waals surface area contributed by atoms with Crippen LogP contribution in [0.25, 0.3) is 0 Å². The number of allylic oxidation sites excluding steroid dienone is 2. The number of carbonyl (C=O) groups excluding carboxylic acids is 2. The van der Waals surface area contributed by atoms with Gasteiger partial charge in [-0.2, -0.15) is 0 Å². The van der Waals surface area contributed by atoms with E-state index in [1.807, 2.05) is 0 Å². The highest BCUT2D eigenvalue weighted by Gasteiger charge is 2.28. The average Bonchev–Trinajstić information content (AvgIpc) is 2.33. The lowest BCUT2D eigenvalue weighted by atomic mass is 10.1. The van der Waals surface area contributed by atoms with Gasteiger partial charge in [0.15, 0.2) is 0 Å². The van der Waals surface area contributed by atoms with Crippen molar-refractivity contribution in [3.05, 3.63) is 35.5 Å². The highest BCUT2D eigenvalue weighted by Crippen LogP contribution is 2.19. The van der Waals surface area contributed by atoms with Gasteiger partial charge in [0.2, 0.25) is 0 Å². The molecule has 0 amide bonds. The van der Waals surface area contributed by atoms with Crippen molar-refractivity contribution in [2.24, 2.45) is 0 Å². The third kappa shape index (κ3) is 1.75. The molecule has 0 fully saturated rings. The van der Waals surface area contributed by atoms with Gasteiger partial charge in [-0.25, -0.2) is 9.59 Å². The Bertz CT molecular complexity index is 300. The van der Waals surface area contributed by atoms with E-state index in [-0.39, 0.29) is 0 Å². The summed E-state index contributed by atoms with van der Waals surface area (Å²) in [6.45, 7) is 3.55. The van der Waals surface area contributed by atoms with E-state index >= 15 is 0 Å². The Labute approximate surface area is 76.4 Å². The van der Waals surface area contributed by atoms with Gasteiger partial charge in [-0.05, 0) is 13.8 Å². The van der Waals surface area contributed by atoms with Gasteiger partial charge in [-0.15, -0.1) is 0 Å². The first-order valence-electron chi connectivity index (χ1n) is 3.97. The molecule has 0 aliphatic carbocycles. The monoisotopic (exact) mass is 178 g/mol. The molecule has 0 radical (unpaired) electrons. The molecule has 0 N–H and O–H groups in total. The Morgan fingerprint density at radius 2 is 1.31 bits per heavy atom. The fourth-order valence-electron chi connectivity index (χ4n) is 1.06. The second-order valence-electron chi connectivity index (χ2n) is 2.50. The van der Waals surface area contributed by atoms with Crippen LogP contribution in [0.4, 0.5) is 0 Å². The molecule has 0 atom stereocenters. The topological polar surface area (TPSA) is 43.4 Å². The number of ether oxygens (including phenoxy) is 1. The number of hydrogen-bond donors (Lipinski definition) is 0. The second-order valence-corrected chi connectivity index (χ2v) is 2.50. The average molecular weight is 178 g/mol. The standard InChI is InChI=1S/C10H10O3/c1-3-5-7-8(6-4-2)10(12)13-9(7)11/h3-6H,1-2H3/b5-3-,6-4+. The minimum absolute atomic E-state index is 0.325. The number of cyclic esters (lactones) is 2. The Kier molecular flexibility index (Phi) is 2.80. The van der Waals surface area contributed by atoms with Gasteiger partial charge in [0.1, 0.15) is 0 Å². The first-order valence-corrected chi connectivity index (χ1v) is 3.97. The van der Waals surface area contributed by atoms with E-state index < -0.39 is 11.9 Å². The molecule has 1 aliphatic rings. The molecule has 1 heterocycles. The Hall–Kier alpha value is -1.64. The van der Waals surface area contributed by atoms with Gasteiger partial charge in [-0.1, -0.05) is 24.3 Å². The molecule has 0 aromatic rings. The lowest BCUT2D eigenvalue weighted by Crippen LogP contribution is -2.01. The quantitative estimate of drug-likeness (QED) is 0.475. The van der Waals surface area contributed by atoms with Gasteiger partial charge in [0, 0.05) is 0 Å². The van der Waals surface area contributed by atoms with Crippen molar-refractivity contribution < 1.29 is 14.3 Å². The molecule has 0 aromatic heterocycles. The molecule has 68 valence electrons. The van der Waals surface area contributed by atoms with Crippen molar-refractivity contribution in [3.8, 4) is 0 Å². The molecule has 0 saturated heterocycles. The molecule has 3 heteroatoms. The van der Waals surface area contributed by atoms with E-state index in [4.69, 9.17) is 0 Å². The minimum Gasteiger partial charge on any atom is -0.386 e. The molecule has 1 aliphatic heterocycles. The highest BCUT2D eigenvalue weighted by atomic mass is 16.6. The summed E-state index contributed by atoms with van der Waals surface area (Å²) >= 11 is 0. The summed E-state index contributed by atoms with van der Waals surface area (Å²) in [5.41, 5.74) is 0.649. The number of carbonyl (C=O) groups is 2. The Morgan fingerprint density at radius 1 is 0.923 bits per heavy atom. The molecule has 13 heavy (non-hydrogen) atoms. The molecule has 0 unspecified atom stereocenters. The van der Waals surface area contributed by atoms with Crippen LogP contribution in [0.5, 0.6) is 0 Å². The maximum Gasteiger partial charge on any atom is 0.346 e. The zero-order valence-corrected chi connectivity index (χ0v) is 7.53. The van der Waals surface area contributed by atoms with Gasteiger partial charge >= 0.3 is 11.9 Å². The van der Waals surface area contributed by atoms with E-state index in [9.17, 15) is 9.59 Å². The van der Waals surface area contributed by atoms with Gasteiger partial charge in [0.25, 0.3) is 0 Å². The smallest absolute Gasteiger partial charge is 0.346 e. The van der Waals surface area contributed by atoms with E-state index in [0.717, 1.165) is 0 Å². The summed E-state index contributed by atoms with van der Waals surface area (Å²) in [6.07, 6.45) is 6.53. The van der Waals surface area contributed by atoms with Crippen LogP contribution in [0.2, 0.25) is 0 Å². The summed E-state index contributed by atoms with van der Waals surface area (Å²) in [7, 11) is 0. The predicted octanol–water partition coefficient (Wildman–Crippen LogP) is 1.52. The van der Waals surface area contributed by atoms with Crippen molar-refractivity contribution in [3.63, 3.8) is 0 Å². The summed E-state index contributed by atoms with van der Waals surface area (Å²) in [5.74, 6) is -1.15. The molecule has 3 nitrogen and oxygen atoms in total. The van der Waals surface area contributed by atoms with Crippen molar-refractivity contribution in [1.82, 2.24) is 0 Å². The molecule has 0 spiro atoms. The van der Waals surface area contributed by atoms with Crippen molar-refractivity contribution in [2.75, 3.05) is 0 Å². The largest absolute Gasteiger partial charge is 0.386 e. The maximum absolute atomic E-state index is 11.1. The van der Waals surface area contributed by atoms with E-state index in [1.54, 1.807) is 38.2 Å². The first kappa shape index (κ1) is 9.45. The summed E-state index contributed by atoms with van der Waals surface area (Å²) in [4.78, 5) is 22.1. The highest BCUT2D eigenvalue weighted by molar-refractivity contribution is 6.15. The second kappa shape index (κ2) is 3.85. The van der Waals surface area contributed by atoms with Crippen LogP contribution in [-0.2, 0) is 14.3 Å². The van der Waals surface area contributed by atoms with Crippen LogP contribution in [0, 0.1) is 0 Å². The summed E-state index contributed by atoms with van der Waals surface area (Å²) in [6, 6.07) is 0. The van der Waals surface area contributed by atoms with Crippen LogP contribution < -0.4 is 0 Å². The molecular weight excluding hydrogens is 168 g/mol. The normalized spacial score (nSPS) is 18.0. The maximum atomic E-state index is 11.1. The summed E-state index contributed by atoms with van der Waals surface area (Å²) in [5, 5.41) is 0. The van der Waals surface area contributed by atoms with Crippen LogP contribution in [0.15, 0.2) is 35.5 Å². The van der Waals surface area contributed by atoms with E-state index in [0.29, 0.717) is 11.1 Å². The summed E-state index contributed by atoms with van der Waals surface area (Å²) < 4.78 is 4.44. The number of rotatable bonds is 2. The Balaban J connectivity index is 3.17. The molecule has 0 bridgehead atoms. The SMILES string of the molecule is C/C=C\C1=C(/C=C/C)C(=O)OC1=O. The predicted molar refractivity (Wildman–Crippen MR) is 47.8 cm³/mol. The fraction of sp³-hybridized carbons (Fsp3) is 0.200. The number of hydrogen-bond acceptors (Lipinski definition) is 3. The van der Waals surface area contributed by atoms with Gasteiger partial charge in [0.05, 0.1) is 11.1 Å². The molecular formula is C10H10O3. The third-order valence-corrected chi connectivity index (χ3v) is 1.58. The van der Waals surface area contributed by atoms with Crippen LogP contribution in [0.1, 0.15) is 13.8 Å². The number of esters is 2. The van der Waals surface area contributed by atoms with Crippen molar-refractivity contribution >= 4 is 11.9 Å². The molecule has 0 saturated carbocycles. The van der Waals surface area contributed by atoms with E-state index in [1.165, 1.54) is 0 Å². The first-order chi connectivity index (χ1) is 6.20.